The van der Waals surface area contributed by atoms with Gasteiger partial charge >= 0.3 is 24.1 Å². The van der Waals surface area contributed by atoms with Gasteiger partial charge in [0.05, 0.1) is 35.2 Å². The molecule has 2 amide bonds. The van der Waals surface area contributed by atoms with Crippen molar-refractivity contribution in [1.29, 1.82) is 0 Å². The van der Waals surface area contributed by atoms with E-state index in [1.165, 1.54) is 6.07 Å². The number of esters is 2. The molecule has 0 unspecified atom stereocenters. The summed E-state index contributed by atoms with van der Waals surface area (Å²) in [7, 11) is 0. The Hall–Kier alpha value is -3.54. The summed E-state index contributed by atoms with van der Waals surface area (Å²) in [4.78, 5) is 42.5. The van der Waals surface area contributed by atoms with E-state index in [0.29, 0.717) is 11.3 Å². The zero-order valence-electron chi connectivity index (χ0n) is 21.8. The molecule has 3 rings (SSSR count). The second kappa shape index (κ2) is 11.7. The van der Waals surface area contributed by atoms with Crippen LogP contribution in [0.5, 0.6) is 0 Å². The number of anilines is 2. The first-order valence-electron chi connectivity index (χ1n) is 12.0. The largest absolute Gasteiger partial charge is 0.463 e. The van der Waals surface area contributed by atoms with E-state index in [1.54, 1.807) is 52.0 Å². The predicted molar refractivity (Wildman–Crippen MR) is 143 cm³/mol. The molecule has 8 nitrogen and oxygen atoms in total. The van der Waals surface area contributed by atoms with Crippen molar-refractivity contribution in [1.82, 2.24) is 4.90 Å². The van der Waals surface area contributed by atoms with Gasteiger partial charge in [-0.1, -0.05) is 34.1 Å². The fourth-order valence-corrected chi connectivity index (χ4v) is 4.70. The first-order chi connectivity index (χ1) is 18.2. The summed E-state index contributed by atoms with van der Waals surface area (Å²) in [5.74, 6) is -1.57. The smallest absolute Gasteiger partial charge is 0.416 e. The maximum Gasteiger partial charge on any atom is 0.416 e. The van der Waals surface area contributed by atoms with Gasteiger partial charge in [-0.25, -0.2) is 9.59 Å². The molecule has 1 atom stereocenters. The monoisotopic (exact) mass is 611 g/mol. The van der Waals surface area contributed by atoms with Crippen molar-refractivity contribution < 1.29 is 37.0 Å². The zero-order chi connectivity index (χ0) is 29.1. The van der Waals surface area contributed by atoms with E-state index in [1.807, 2.05) is 0 Å². The minimum absolute atomic E-state index is 0.00404. The number of alkyl halides is 4. The Bertz CT molecular complexity index is 1270. The zero-order valence-corrected chi connectivity index (χ0v) is 23.4. The first-order valence-corrected chi connectivity index (χ1v) is 13.1. The molecule has 2 aromatic carbocycles. The van der Waals surface area contributed by atoms with E-state index >= 15 is 0 Å². The Balaban J connectivity index is 2.31. The average Bonchev–Trinajstić information content (AvgIpc) is 2.84. The number of nitrogen functional groups attached to an aromatic ring is 1. The molecule has 12 heteroatoms. The molecule has 0 radical (unpaired) electrons. The summed E-state index contributed by atoms with van der Waals surface area (Å²) in [5.41, 5.74) is 4.74. The number of benzene rings is 2. The molecule has 0 aromatic heterocycles. The van der Waals surface area contributed by atoms with Gasteiger partial charge in [0.25, 0.3) is 0 Å². The molecule has 0 bridgehead atoms. The van der Waals surface area contributed by atoms with Crippen LogP contribution < -0.4 is 10.6 Å². The second-order valence-electron chi connectivity index (χ2n) is 9.66. The van der Waals surface area contributed by atoms with Crippen LogP contribution in [0.1, 0.15) is 44.9 Å². The van der Waals surface area contributed by atoms with Gasteiger partial charge < -0.3 is 20.1 Å². The van der Waals surface area contributed by atoms with Gasteiger partial charge in [-0.15, -0.1) is 0 Å². The molecule has 1 heterocycles. The highest BCUT2D eigenvalue weighted by molar-refractivity contribution is 9.09. The highest BCUT2D eigenvalue weighted by Gasteiger charge is 2.45. The molecule has 1 aliphatic rings. The molecular weight excluding hydrogens is 583 g/mol. The highest BCUT2D eigenvalue weighted by Crippen LogP contribution is 2.42. The Morgan fingerprint density at radius 1 is 1.08 bits per heavy atom. The number of hydrogen-bond donors (Lipinski definition) is 1. The van der Waals surface area contributed by atoms with Gasteiger partial charge in [-0.3, -0.25) is 9.69 Å². The van der Waals surface area contributed by atoms with Crippen LogP contribution in [0.2, 0.25) is 0 Å². The van der Waals surface area contributed by atoms with Gasteiger partial charge in [0.15, 0.2) is 0 Å². The van der Waals surface area contributed by atoms with Crippen molar-refractivity contribution in [3.8, 4) is 0 Å². The van der Waals surface area contributed by atoms with Crippen molar-refractivity contribution in [3.63, 3.8) is 0 Å². The molecule has 0 spiro atoms. The standard InChI is InChI=1S/C27H29BrF3N3O5/c1-5-38-24(36)22-20(14-28)34(19-8-6-7-17(13-19)27(29,30)31)25(37)33(15-21(35)39-26(2,3)4)23(22)16-9-11-18(32)12-10-16/h6-13,23H,5,14-15,32H2,1-4H3/t23-/m1/s1. The van der Waals surface area contributed by atoms with Crippen molar-refractivity contribution in [3.05, 3.63) is 70.9 Å². The van der Waals surface area contributed by atoms with Crippen molar-refractivity contribution in [2.45, 2.75) is 45.5 Å². The minimum Gasteiger partial charge on any atom is -0.463 e. The average molecular weight is 612 g/mol. The van der Waals surface area contributed by atoms with Crippen LogP contribution in [0.3, 0.4) is 0 Å². The normalized spacial score (nSPS) is 16.4. The van der Waals surface area contributed by atoms with Crippen LogP contribution in [-0.4, -0.2) is 47.0 Å². The number of carbonyl (C=O) groups is 3. The minimum atomic E-state index is -4.68. The van der Waals surface area contributed by atoms with E-state index in [0.717, 1.165) is 28.0 Å². The summed E-state index contributed by atoms with van der Waals surface area (Å²) < 4.78 is 51.4. The Morgan fingerprint density at radius 3 is 2.26 bits per heavy atom. The third-order valence-electron chi connectivity index (χ3n) is 5.63. The number of carbonyl (C=O) groups excluding carboxylic acids is 3. The fourth-order valence-electron chi connectivity index (χ4n) is 4.14. The van der Waals surface area contributed by atoms with Gasteiger partial charge in [-0.05, 0) is 63.6 Å². The molecular formula is C27H29BrF3N3O5. The summed E-state index contributed by atoms with van der Waals surface area (Å²) in [6.45, 7) is 5.96. The maximum absolute atomic E-state index is 14.1. The number of halogens is 4. The van der Waals surface area contributed by atoms with Gasteiger partial charge in [0, 0.05) is 11.0 Å². The molecule has 210 valence electrons. The van der Waals surface area contributed by atoms with Gasteiger partial charge in [0.1, 0.15) is 12.1 Å². The quantitative estimate of drug-likeness (QED) is 0.240. The molecule has 2 aromatic rings. The topological polar surface area (TPSA) is 102 Å². The van der Waals surface area contributed by atoms with Crippen LogP contribution in [0.4, 0.5) is 29.3 Å². The van der Waals surface area contributed by atoms with E-state index in [9.17, 15) is 27.6 Å². The van der Waals surface area contributed by atoms with Crippen molar-refractivity contribution in [2.24, 2.45) is 0 Å². The Kier molecular flexibility index (Phi) is 8.99. The summed E-state index contributed by atoms with van der Waals surface area (Å²) in [5, 5.41) is -0.0884. The third-order valence-corrected chi connectivity index (χ3v) is 6.16. The number of rotatable bonds is 7. The Labute approximate surface area is 232 Å². The molecule has 0 fully saturated rings. The van der Waals surface area contributed by atoms with E-state index in [4.69, 9.17) is 15.2 Å². The van der Waals surface area contributed by atoms with E-state index in [2.05, 4.69) is 15.9 Å². The molecule has 0 saturated carbocycles. The molecule has 0 aliphatic carbocycles. The van der Waals surface area contributed by atoms with Crippen LogP contribution in [-0.2, 0) is 25.2 Å². The summed E-state index contributed by atoms with van der Waals surface area (Å²) >= 11 is 3.30. The second-order valence-corrected chi connectivity index (χ2v) is 10.2. The highest BCUT2D eigenvalue weighted by atomic mass is 79.9. The number of nitrogens with two attached hydrogens (primary N) is 1. The van der Waals surface area contributed by atoms with Crippen LogP contribution in [0, 0.1) is 0 Å². The lowest BCUT2D eigenvalue weighted by Gasteiger charge is -2.43. The lowest BCUT2D eigenvalue weighted by atomic mass is 9.92. The molecule has 1 aliphatic heterocycles. The lowest BCUT2D eigenvalue weighted by Crippen LogP contribution is -2.53. The number of amides is 2. The number of ether oxygens (including phenoxy) is 2. The Morgan fingerprint density at radius 2 is 1.72 bits per heavy atom. The fraction of sp³-hybridized carbons (Fsp3) is 0.370. The van der Waals surface area contributed by atoms with Gasteiger partial charge in [-0.2, -0.15) is 13.2 Å². The van der Waals surface area contributed by atoms with E-state index in [-0.39, 0.29) is 28.9 Å². The number of hydrogen-bond acceptors (Lipinski definition) is 6. The summed E-state index contributed by atoms with van der Waals surface area (Å²) in [6, 6.07) is 8.53. The predicted octanol–water partition coefficient (Wildman–Crippen LogP) is 5.82. The summed E-state index contributed by atoms with van der Waals surface area (Å²) in [6.07, 6.45) is -4.68. The van der Waals surface area contributed by atoms with Crippen LogP contribution in [0.25, 0.3) is 0 Å². The SMILES string of the molecule is CCOC(=O)C1=C(CBr)N(c2cccc(C(F)(F)F)c2)C(=O)N(CC(=O)OC(C)(C)C)[C@@H]1c1ccc(N)cc1. The number of urea groups is 1. The number of allylic oxidation sites excluding steroid dienone is 1. The maximum atomic E-state index is 14.1. The molecule has 2 N–H and O–H groups in total. The number of nitrogens with zero attached hydrogens (tertiary/aromatic N) is 2. The molecule has 39 heavy (non-hydrogen) atoms. The van der Waals surface area contributed by atoms with E-state index < -0.39 is 47.9 Å². The lowest BCUT2D eigenvalue weighted by molar-refractivity contribution is -0.156. The van der Waals surface area contributed by atoms with Crippen molar-refractivity contribution in [2.75, 3.05) is 29.1 Å². The van der Waals surface area contributed by atoms with Gasteiger partial charge in [0.2, 0.25) is 0 Å². The van der Waals surface area contributed by atoms with Crippen LogP contribution in [0.15, 0.2) is 59.8 Å². The third kappa shape index (κ3) is 6.92. The van der Waals surface area contributed by atoms with Crippen molar-refractivity contribution >= 4 is 45.3 Å². The first kappa shape index (κ1) is 30.0. The van der Waals surface area contributed by atoms with Crippen LogP contribution >= 0.6 is 15.9 Å². The molecule has 0 saturated heterocycles.